The first-order valence-corrected chi connectivity index (χ1v) is 5.37. The third-order valence-corrected chi connectivity index (χ3v) is 2.44. The fourth-order valence-electron chi connectivity index (χ4n) is 1.15. The van der Waals surface area contributed by atoms with Gasteiger partial charge in [-0.25, -0.2) is 0 Å². The van der Waals surface area contributed by atoms with Crippen LogP contribution in [0.3, 0.4) is 0 Å². The highest BCUT2D eigenvalue weighted by Gasteiger charge is 2.11. The van der Waals surface area contributed by atoms with Crippen LogP contribution in [0.1, 0.15) is 24.2 Å². The number of halogens is 1. The van der Waals surface area contributed by atoms with Gasteiger partial charge < -0.3 is 9.47 Å². The summed E-state index contributed by atoms with van der Waals surface area (Å²) >= 11 is 3.30. The average Bonchev–Trinajstić information content (AvgIpc) is 2.16. The van der Waals surface area contributed by atoms with Gasteiger partial charge in [0, 0.05) is 10.5 Å². The van der Waals surface area contributed by atoms with Crippen LogP contribution in [0.2, 0.25) is 0 Å². The zero-order valence-corrected chi connectivity index (χ0v) is 10.5. The van der Waals surface area contributed by atoms with E-state index < -0.39 is 0 Å². The SMILES string of the molecule is COc1cc(Br)c(C=O)c(OC(C)C)c1. The first kappa shape index (κ1) is 12.0. The monoisotopic (exact) mass is 272 g/mol. The molecular weight excluding hydrogens is 260 g/mol. The molecule has 15 heavy (non-hydrogen) atoms. The molecule has 0 saturated carbocycles. The van der Waals surface area contributed by atoms with Crippen molar-refractivity contribution in [3.8, 4) is 11.5 Å². The zero-order valence-electron chi connectivity index (χ0n) is 8.91. The second kappa shape index (κ2) is 5.16. The Balaban J connectivity index is 3.19. The summed E-state index contributed by atoms with van der Waals surface area (Å²) in [5, 5.41) is 0. The first-order chi connectivity index (χ1) is 7.08. The first-order valence-electron chi connectivity index (χ1n) is 4.57. The van der Waals surface area contributed by atoms with Gasteiger partial charge in [0.05, 0.1) is 18.8 Å². The van der Waals surface area contributed by atoms with Gasteiger partial charge in [-0.3, -0.25) is 4.79 Å². The third kappa shape index (κ3) is 2.96. The summed E-state index contributed by atoms with van der Waals surface area (Å²) in [4.78, 5) is 10.9. The summed E-state index contributed by atoms with van der Waals surface area (Å²) in [5.74, 6) is 1.19. The normalized spacial score (nSPS) is 10.2. The van der Waals surface area contributed by atoms with E-state index in [0.717, 1.165) is 6.29 Å². The lowest BCUT2D eigenvalue weighted by atomic mass is 10.2. The molecule has 1 rings (SSSR count). The zero-order chi connectivity index (χ0) is 11.4. The fraction of sp³-hybridized carbons (Fsp3) is 0.364. The number of hydrogen-bond acceptors (Lipinski definition) is 3. The van der Waals surface area contributed by atoms with E-state index in [9.17, 15) is 4.79 Å². The molecule has 0 heterocycles. The van der Waals surface area contributed by atoms with Gasteiger partial charge in [-0.1, -0.05) is 0 Å². The molecule has 0 saturated heterocycles. The van der Waals surface area contributed by atoms with E-state index in [1.165, 1.54) is 0 Å². The Bertz CT molecular complexity index is 361. The van der Waals surface area contributed by atoms with Gasteiger partial charge in [-0.05, 0) is 35.8 Å². The molecule has 82 valence electrons. The highest BCUT2D eigenvalue weighted by atomic mass is 79.9. The standard InChI is InChI=1S/C11H13BrO3/c1-7(2)15-11-5-8(14-3)4-10(12)9(11)6-13/h4-7H,1-3H3. The predicted molar refractivity (Wildman–Crippen MR) is 61.8 cm³/mol. The molecule has 0 aliphatic rings. The number of ether oxygens (including phenoxy) is 2. The van der Waals surface area contributed by atoms with E-state index in [2.05, 4.69) is 15.9 Å². The lowest BCUT2D eigenvalue weighted by Gasteiger charge is -2.14. The Morgan fingerprint density at radius 2 is 2.07 bits per heavy atom. The number of rotatable bonds is 4. The smallest absolute Gasteiger partial charge is 0.154 e. The van der Waals surface area contributed by atoms with E-state index in [-0.39, 0.29) is 6.10 Å². The number of methoxy groups -OCH3 is 1. The Morgan fingerprint density at radius 1 is 1.40 bits per heavy atom. The van der Waals surface area contributed by atoms with Crippen molar-refractivity contribution in [2.45, 2.75) is 20.0 Å². The Kier molecular flexibility index (Phi) is 4.15. The van der Waals surface area contributed by atoms with Crippen molar-refractivity contribution in [3.63, 3.8) is 0 Å². The van der Waals surface area contributed by atoms with Crippen LogP contribution >= 0.6 is 15.9 Å². The predicted octanol–water partition coefficient (Wildman–Crippen LogP) is 3.06. The molecule has 3 nitrogen and oxygen atoms in total. The van der Waals surface area contributed by atoms with Crippen LogP contribution in [0.5, 0.6) is 11.5 Å². The van der Waals surface area contributed by atoms with Crippen molar-refractivity contribution in [1.29, 1.82) is 0 Å². The maximum atomic E-state index is 10.9. The average molecular weight is 273 g/mol. The van der Waals surface area contributed by atoms with Crippen molar-refractivity contribution >= 4 is 22.2 Å². The molecule has 0 aliphatic carbocycles. The minimum Gasteiger partial charge on any atom is -0.497 e. The third-order valence-electron chi connectivity index (χ3n) is 1.78. The summed E-state index contributed by atoms with van der Waals surface area (Å²) in [6.45, 7) is 3.81. The molecule has 1 aromatic rings. The number of benzene rings is 1. The minimum atomic E-state index is 0.0164. The van der Waals surface area contributed by atoms with Crippen LogP contribution in [0, 0.1) is 0 Å². The maximum absolute atomic E-state index is 10.9. The van der Waals surface area contributed by atoms with Crippen LogP contribution in [-0.2, 0) is 0 Å². The summed E-state index contributed by atoms with van der Waals surface area (Å²) in [5.41, 5.74) is 0.504. The van der Waals surface area contributed by atoms with Gasteiger partial charge in [-0.2, -0.15) is 0 Å². The largest absolute Gasteiger partial charge is 0.497 e. The molecule has 0 radical (unpaired) electrons. The molecule has 0 atom stereocenters. The van der Waals surface area contributed by atoms with E-state index in [0.29, 0.717) is 21.5 Å². The molecule has 0 fully saturated rings. The van der Waals surface area contributed by atoms with Crippen LogP contribution in [0.25, 0.3) is 0 Å². The van der Waals surface area contributed by atoms with Crippen molar-refractivity contribution in [2.75, 3.05) is 7.11 Å². The van der Waals surface area contributed by atoms with Crippen LogP contribution in [-0.4, -0.2) is 19.5 Å². The van der Waals surface area contributed by atoms with Crippen molar-refractivity contribution in [3.05, 3.63) is 22.2 Å². The summed E-state index contributed by atoms with van der Waals surface area (Å²) in [6.07, 6.45) is 0.782. The van der Waals surface area contributed by atoms with E-state index in [1.54, 1.807) is 19.2 Å². The van der Waals surface area contributed by atoms with Gasteiger partial charge in [0.25, 0.3) is 0 Å². The second-order valence-electron chi connectivity index (χ2n) is 3.31. The Hall–Kier alpha value is -1.03. The van der Waals surface area contributed by atoms with Gasteiger partial charge in [-0.15, -0.1) is 0 Å². The summed E-state index contributed by atoms with van der Waals surface area (Å²) < 4.78 is 11.3. The molecule has 0 N–H and O–H groups in total. The van der Waals surface area contributed by atoms with E-state index in [4.69, 9.17) is 9.47 Å². The summed E-state index contributed by atoms with van der Waals surface area (Å²) in [7, 11) is 1.57. The minimum absolute atomic E-state index is 0.0164. The van der Waals surface area contributed by atoms with Crippen LogP contribution in [0.4, 0.5) is 0 Å². The molecule has 4 heteroatoms. The molecule has 0 aromatic heterocycles. The topological polar surface area (TPSA) is 35.5 Å². The van der Waals surface area contributed by atoms with Crippen molar-refractivity contribution < 1.29 is 14.3 Å². The molecule has 1 aromatic carbocycles. The lowest BCUT2D eigenvalue weighted by molar-refractivity contribution is 0.111. The molecule has 0 unspecified atom stereocenters. The van der Waals surface area contributed by atoms with Gasteiger partial charge in [0.1, 0.15) is 11.5 Å². The fourth-order valence-corrected chi connectivity index (χ4v) is 1.67. The van der Waals surface area contributed by atoms with E-state index in [1.807, 2.05) is 13.8 Å². The highest BCUT2D eigenvalue weighted by Crippen LogP contribution is 2.31. The molecule has 0 aliphatic heterocycles. The van der Waals surface area contributed by atoms with Crippen molar-refractivity contribution in [1.82, 2.24) is 0 Å². The highest BCUT2D eigenvalue weighted by molar-refractivity contribution is 9.10. The number of hydrogen-bond donors (Lipinski definition) is 0. The number of carbonyl (C=O) groups excluding carboxylic acids is 1. The quantitative estimate of drug-likeness (QED) is 0.791. The number of carbonyl (C=O) groups is 1. The second-order valence-corrected chi connectivity index (χ2v) is 4.16. The van der Waals surface area contributed by atoms with Crippen LogP contribution < -0.4 is 9.47 Å². The van der Waals surface area contributed by atoms with Crippen LogP contribution in [0.15, 0.2) is 16.6 Å². The van der Waals surface area contributed by atoms with Gasteiger partial charge in [0.15, 0.2) is 6.29 Å². The maximum Gasteiger partial charge on any atom is 0.154 e. The van der Waals surface area contributed by atoms with Gasteiger partial charge >= 0.3 is 0 Å². The molecule has 0 spiro atoms. The Morgan fingerprint density at radius 3 is 2.53 bits per heavy atom. The lowest BCUT2D eigenvalue weighted by Crippen LogP contribution is -2.07. The molecular formula is C11H13BrO3. The van der Waals surface area contributed by atoms with Gasteiger partial charge in [0.2, 0.25) is 0 Å². The van der Waals surface area contributed by atoms with E-state index >= 15 is 0 Å². The number of aldehydes is 1. The summed E-state index contributed by atoms with van der Waals surface area (Å²) in [6, 6.07) is 3.44. The Labute approximate surface area is 97.5 Å². The molecule has 0 amide bonds. The van der Waals surface area contributed by atoms with Crippen molar-refractivity contribution in [2.24, 2.45) is 0 Å². The molecule has 0 bridgehead atoms.